The molecule has 0 unspecified atom stereocenters. The van der Waals surface area contributed by atoms with Gasteiger partial charge in [-0.05, 0) is 36.1 Å². The molecule has 0 fully saturated rings. The Kier molecular flexibility index (Phi) is 5.56. The van der Waals surface area contributed by atoms with Gasteiger partial charge in [0.25, 0.3) is 0 Å². The highest BCUT2D eigenvalue weighted by Crippen LogP contribution is 2.21. The predicted molar refractivity (Wildman–Crippen MR) is 96.0 cm³/mol. The summed E-state index contributed by atoms with van der Waals surface area (Å²) >= 11 is 0. The van der Waals surface area contributed by atoms with Crippen LogP contribution in [0.1, 0.15) is 29.6 Å². The van der Waals surface area contributed by atoms with Gasteiger partial charge in [-0.25, -0.2) is 9.97 Å². The van der Waals surface area contributed by atoms with Crippen LogP contribution in [-0.2, 0) is 25.9 Å². The second-order valence-corrected chi connectivity index (χ2v) is 5.70. The van der Waals surface area contributed by atoms with Crippen LogP contribution in [0.25, 0.3) is 0 Å². The minimum atomic E-state index is 0.583. The number of aryl methyl sites for hydroxylation is 3. The van der Waals surface area contributed by atoms with Crippen LogP contribution in [0.5, 0.6) is 5.75 Å². The van der Waals surface area contributed by atoms with Gasteiger partial charge in [0, 0.05) is 18.3 Å². The van der Waals surface area contributed by atoms with Crippen molar-refractivity contribution in [3.05, 3.63) is 89.5 Å². The molecule has 0 aliphatic carbocycles. The van der Waals surface area contributed by atoms with Gasteiger partial charge in [0.15, 0.2) is 0 Å². The second kappa shape index (κ2) is 8.25. The van der Waals surface area contributed by atoms with Gasteiger partial charge in [0.05, 0.1) is 0 Å². The summed E-state index contributed by atoms with van der Waals surface area (Å²) in [6.45, 7) is 2.69. The zero-order chi connectivity index (χ0) is 16.6. The van der Waals surface area contributed by atoms with Gasteiger partial charge in [0.2, 0.25) is 0 Å². The fraction of sp³-hybridized carbons (Fsp3) is 0.238. The Hall–Kier alpha value is -2.68. The van der Waals surface area contributed by atoms with Crippen LogP contribution in [0, 0.1) is 0 Å². The molecule has 3 aromatic rings. The first kappa shape index (κ1) is 16.2. The van der Waals surface area contributed by atoms with Gasteiger partial charge in [-0.15, -0.1) is 0 Å². The van der Waals surface area contributed by atoms with Crippen molar-refractivity contribution in [1.82, 2.24) is 9.97 Å². The van der Waals surface area contributed by atoms with Crippen molar-refractivity contribution < 1.29 is 4.74 Å². The number of hydrogen-bond donors (Lipinski definition) is 0. The van der Waals surface area contributed by atoms with E-state index in [0.717, 1.165) is 36.5 Å². The van der Waals surface area contributed by atoms with Gasteiger partial charge in [0.1, 0.15) is 18.2 Å². The Morgan fingerprint density at radius 3 is 2.50 bits per heavy atom. The third kappa shape index (κ3) is 4.42. The van der Waals surface area contributed by atoms with Crippen LogP contribution < -0.4 is 4.74 Å². The first-order valence-corrected chi connectivity index (χ1v) is 8.40. The van der Waals surface area contributed by atoms with E-state index >= 15 is 0 Å². The molecule has 3 heteroatoms. The van der Waals surface area contributed by atoms with Crippen LogP contribution in [0.4, 0.5) is 0 Å². The Morgan fingerprint density at radius 2 is 1.67 bits per heavy atom. The molecule has 0 atom stereocenters. The minimum absolute atomic E-state index is 0.583. The maximum Gasteiger partial charge on any atom is 0.128 e. The highest BCUT2D eigenvalue weighted by Gasteiger charge is 2.06. The van der Waals surface area contributed by atoms with Crippen molar-refractivity contribution in [1.29, 1.82) is 0 Å². The molecule has 0 aliphatic heterocycles. The molecule has 2 aromatic carbocycles. The topological polar surface area (TPSA) is 35.0 Å². The number of benzene rings is 2. The first-order chi connectivity index (χ1) is 11.8. The lowest BCUT2D eigenvalue weighted by Crippen LogP contribution is -2.03. The van der Waals surface area contributed by atoms with Gasteiger partial charge in [-0.1, -0.05) is 55.5 Å². The smallest absolute Gasteiger partial charge is 0.128 e. The van der Waals surface area contributed by atoms with E-state index in [1.54, 1.807) is 0 Å². The molecule has 1 aromatic heterocycles. The second-order valence-electron chi connectivity index (χ2n) is 5.70. The highest BCUT2D eigenvalue weighted by molar-refractivity contribution is 5.34. The van der Waals surface area contributed by atoms with Gasteiger partial charge in [-0.2, -0.15) is 0 Å². The molecule has 0 amide bonds. The van der Waals surface area contributed by atoms with E-state index in [9.17, 15) is 0 Å². The molecule has 3 nitrogen and oxygen atoms in total. The van der Waals surface area contributed by atoms with Gasteiger partial charge in [-0.3, -0.25) is 0 Å². The number of hydrogen-bond acceptors (Lipinski definition) is 3. The summed E-state index contributed by atoms with van der Waals surface area (Å²) < 4.78 is 6.02. The Morgan fingerprint density at radius 1 is 0.875 bits per heavy atom. The monoisotopic (exact) mass is 318 g/mol. The Labute approximate surface area is 143 Å². The SMILES string of the molecule is CCc1ccnc(CCc2ccccc2OCc2ccccc2)n1. The molecule has 0 saturated carbocycles. The lowest BCUT2D eigenvalue weighted by Gasteiger charge is -2.11. The van der Waals surface area contributed by atoms with E-state index in [1.165, 1.54) is 11.1 Å². The van der Waals surface area contributed by atoms with E-state index < -0.39 is 0 Å². The van der Waals surface area contributed by atoms with E-state index in [4.69, 9.17) is 4.74 Å². The van der Waals surface area contributed by atoms with Crippen molar-refractivity contribution in [3.8, 4) is 5.75 Å². The minimum Gasteiger partial charge on any atom is -0.489 e. The summed E-state index contributed by atoms with van der Waals surface area (Å²) in [5, 5.41) is 0. The van der Waals surface area contributed by atoms with E-state index in [1.807, 2.05) is 48.7 Å². The maximum atomic E-state index is 6.02. The van der Waals surface area contributed by atoms with E-state index in [-0.39, 0.29) is 0 Å². The normalized spacial score (nSPS) is 10.5. The molecule has 0 saturated heterocycles. The van der Waals surface area contributed by atoms with Crippen LogP contribution >= 0.6 is 0 Å². The standard InChI is InChI=1S/C21H22N2O/c1-2-19-14-15-22-21(23-19)13-12-18-10-6-7-11-20(18)24-16-17-8-4-3-5-9-17/h3-11,14-15H,2,12-13,16H2,1H3. The Balaban J connectivity index is 1.65. The summed E-state index contributed by atoms with van der Waals surface area (Å²) in [4.78, 5) is 8.95. The molecule has 0 spiro atoms. The summed E-state index contributed by atoms with van der Waals surface area (Å²) in [6, 6.07) is 20.4. The average molecular weight is 318 g/mol. The average Bonchev–Trinajstić information content (AvgIpc) is 2.66. The summed E-state index contributed by atoms with van der Waals surface area (Å²) in [6.07, 6.45) is 4.48. The van der Waals surface area contributed by atoms with Gasteiger partial charge < -0.3 is 4.74 Å². The lowest BCUT2D eigenvalue weighted by atomic mass is 10.1. The third-order valence-corrected chi connectivity index (χ3v) is 3.95. The fourth-order valence-electron chi connectivity index (χ4n) is 2.59. The maximum absolute atomic E-state index is 6.02. The molecule has 0 aliphatic rings. The Bertz CT molecular complexity index is 772. The summed E-state index contributed by atoms with van der Waals surface area (Å²) in [7, 11) is 0. The molecule has 122 valence electrons. The number of aromatic nitrogens is 2. The van der Waals surface area contributed by atoms with E-state index in [0.29, 0.717) is 6.61 Å². The first-order valence-electron chi connectivity index (χ1n) is 8.40. The van der Waals surface area contributed by atoms with Crippen LogP contribution in [0.2, 0.25) is 0 Å². The summed E-state index contributed by atoms with van der Waals surface area (Å²) in [5.74, 6) is 1.83. The molecule has 0 N–H and O–H groups in total. The largest absolute Gasteiger partial charge is 0.489 e. The quantitative estimate of drug-likeness (QED) is 0.647. The molecule has 0 radical (unpaired) electrons. The van der Waals surface area contributed by atoms with Gasteiger partial charge >= 0.3 is 0 Å². The van der Waals surface area contributed by atoms with Crippen molar-refractivity contribution in [2.45, 2.75) is 32.8 Å². The zero-order valence-electron chi connectivity index (χ0n) is 14.0. The van der Waals surface area contributed by atoms with E-state index in [2.05, 4.69) is 35.1 Å². The summed E-state index contributed by atoms with van der Waals surface area (Å²) in [5.41, 5.74) is 3.46. The number of rotatable bonds is 7. The van der Waals surface area contributed by atoms with Crippen LogP contribution in [0.15, 0.2) is 66.9 Å². The molecular formula is C21H22N2O. The molecule has 3 rings (SSSR count). The third-order valence-electron chi connectivity index (χ3n) is 3.95. The number of ether oxygens (including phenoxy) is 1. The molecular weight excluding hydrogens is 296 g/mol. The molecule has 24 heavy (non-hydrogen) atoms. The predicted octanol–water partition coefficient (Wildman–Crippen LogP) is 4.40. The lowest BCUT2D eigenvalue weighted by molar-refractivity contribution is 0.303. The van der Waals surface area contributed by atoms with Crippen molar-refractivity contribution >= 4 is 0 Å². The van der Waals surface area contributed by atoms with Crippen LogP contribution in [-0.4, -0.2) is 9.97 Å². The van der Waals surface area contributed by atoms with Crippen LogP contribution in [0.3, 0.4) is 0 Å². The molecule has 0 bridgehead atoms. The molecule has 1 heterocycles. The van der Waals surface area contributed by atoms with Crippen molar-refractivity contribution in [2.24, 2.45) is 0 Å². The van der Waals surface area contributed by atoms with Crippen molar-refractivity contribution in [3.63, 3.8) is 0 Å². The highest BCUT2D eigenvalue weighted by atomic mass is 16.5. The fourth-order valence-corrected chi connectivity index (χ4v) is 2.59. The number of nitrogens with zero attached hydrogens (tertiary/aromatic N) is 2. The zero-order valence-corrected chi connectivity index (χ0v) is 14.0. The van der Waals surface area contributed by atoms with Crippen molar-refractivity contribution in [2.75, 3.05) is 0 Å². The number of para-hydroxylation sites is 1.